The van der Waals surface area contributed by atoms with E-state index in [2.05, 4.69) is 5.32 Å². The number of nitrogens with zero attached hydrogens (tertiary/aromatic N) is 1. The van der Waals surface area contributed by atoms with Gasteiger partial charge in [0, 0.05) is 13.1 Å². The quantitative estimate of drug-likeness (QED) is 0.654. The third-order valence-corrected chi connectivity index (χ3v) is 4.92. The molecule has 0 aliphatic heterocycles. The molecule has 0 fully saturated rings. The molecule has 5 nitrogen and oxygen atoms in total. The predicted molar refractivity (Wildman–Crippen MR) is 112 cm³/mol. The molecule has 0 bridgehead atoms. The fourth-order valence-electron chi connectivity index (χ4n) is 2.79. The first-order chi connectivity index (χ1) is 13.5. The first-order valence-corrected chi connectivity index (χ1v) is 9.90. The Hall–Kier alpha value is -2.24. The summed E-state index contributed by atoms with van der Waals surface area (Å²) < 4.78 is 5.59. The van der Waals surface area contributed by atoms with Crippen LogP contribution in [0.15, 0.2) is 48.5 Å². The van der Waals surface area contributed by atoms with Crippen molar-refractivity contribution in [2.45, 2.75) is 32.9 Å². The van der Waals surface area contributed by atoms with Crippen LogP contribution in [-0.4, -0.2) is 35.9 Å². The minimum Gasteiger partial charge on any atom is -0.484 e. The van der Waals surface area contributed by atoms with Crippen molar-refractivity contribution in [3.8, 4) is 5.75 Å². The summed E-state index contributed by atoms with van der Waals surface area (Å²) in [4.78, 5) is 27.0. The van der Waals surface area contributed by atoms with Crippen molar-refractivity contribution >= 4 is 35.0 Å². The highest BCUT2D eigenvalue weighted by molar-refractivity contribution is 6.42. The van der Waals surface area contributed by atoms with E-state index >= 15 is 0 Å². The summed E-state index contributed by atoms with van der Waals surface area (Å²) >= 11 is 12.1. The number of amides is 2. The van der Waals surface area contributed by atoms with Gasteiger partial charge in [0.25, 0.3) is 5.91 Å². The lowest BCUT2D eigenvalue weighted by atomic mass is 10.1. The number of para-hydroxylation sites is 1. The molecule has 150 valence electrons. The maximum atomic E-state index is 12.9. The van der Waals surface area contributed by atoms with E-state index in [0.29, 0.717) is 28.8 Å². The molecule has 0 aromatic heterocycles. The van der Waals surface area contributed by atoms with E-state index in [1.54, 1.807) is 30.3 Å². The molecule has 2 aromatic rings. The zero-order valence-corrected chi connectivity index (χ0v) is 17.5. The average molecular weight is 423 g/mol. The van der Waals surface area contributed by atoms with Gasteiger partial charge in [-0.05, 0) is 43.2 Å². The predicted octanol–water partition coefficient (Wildman–Crippen LogP) is 4.32. The Kier molecular flexibility index (Phi) is 8.61. The Bertz CT molecular complexity index is 799. The van der Waals surface area contributed by atoms with Crippen molar-refractivity contribution in [3.63, 3.8) is 0 Å². The van der Waals surface area contributed by atoms with Crippen LogP contribution in [0.4, 0.5) is 0 Å². The monoisotopic (exact) mass is 422 g/mol. The van der Waals surface area contributed by atoms with Crippen LogP contribution in [0.25, 0.3) is 0 Å². The molecule has 2 amide bonds. The van der Waals surface area contributed by atoms with Crippen LogP contribution in [0.5, 0.6) is 5.75 Å². The van der Waals surface area contributed by atoms with Crippen LogP contribution < -0.4 is 10.1 Å². The van der Waals surface area contributed by atoms with Gasteiger partial charge < -0.3 is 15.0 Å². The van der Waals surface area contributed by atoms with E-state index in [1.165, 1.54) is 4.90 Å². The van der Waals surface area contributed by atoms with Crippen LogP contribution >= 0.6 is 23.2 Å². The molecule has 0 aliphatic carbocycles. The number of hydrogen-bond donors (Lipinski definition) is 1. The van der Waals surface area contributed by atoms with E-state index in [0.717, 1.165) is 5.56 Å². The lowest BCUT2D eigenvalue weighted by Crippen LogP contribution is -2.50. The molecule has 0 spiro atoms. The number of benzene rings is 2. The molecule has 7 heteroatoms. The number of nitrogens with one attached hydrogen (secondary N) is 1. The van der Waals surface area contributed by atoms with Gasteiger partial charge in [0.1, 0.15) is 11.8 Å². The van der Waals surface area contributed by atoms with Gasteiger partial charge >= 0.3 is 0 Å². The molecule has 0 saturated heterocycles. The largest absolute Gasteiger partial charge is 0.484 e. The normalized spacial score (nSPS) is 11.6. The van der Waals surface area contributed by atoms with Crippen LogP contribution in [-0.2, 0) is 16.1 Å². The minimum absolute atomic E-state index is 0.165. The van der Waals surface area contributed by atoms with E-state index in [-0.39, 0.29) is 25.0 Å². The molecule has 28 heavy (non-hydrogen) atoms. The lowest BCUT2D eigenvalue weighted by Gasteiger charge is -2.30. The molecule has 2 rings (SSSR count). The van der Waals surface area contributed by atoms with E-state index in [9.17, 15) is 9.59 Å². The number of ether oxygens (including phenoxy) is 1. The highest BCUT2D eigenvalue weighted by atomic mass is 35.5. The summed E-state index contributed by atoms with van der Waals surface area (Å²) in [6.45, 7) is 4.26. The first-order valence-electron chi connectivity index (χ1n) is 9.15. The molecule has 2 aromatic carbocycles. The molecule has 1 N–H and O–H groups in total. The van der Waals surface area contributed by atoms with Gasteiger partial charge in [-0.2, -0.15) is 0 Å². The number of halogens is 2. The van der Waals surface area contributed by atoms with Crippen molar-refractivity contribution in [2.75, 3.05) is 13.2 Å². The van der Waals surface area contributed by atoms with Gasteiger partial charge in [0.15, 0.2) is 6.61 Å². The van der Waals surface area contributed by atoms with Crippen molar-refractivity contribution in [2.24, 2.45) is 0 Å². The highest BCUT2D eigenvalue weighted by Gasteiger charge is 2.28. The Balaban J connectivity index is 2.21. The van der Waals surface area contributed by atoms with Gasteiger partial charge in [-0.1, -0.05) is 54.4 Å². The van der Waals surface area contributed by atoms with Gasteiger partial charge in [-0.25, -0.2) is 0 Å². The third-order valence-electron chi connectivity index (χ3n) is 4.18. The zero-order valence-electron chi connectivity index (χ0n) is 16.0. The Morgan fingerprint density at radius 3 is 2.39 bits per heavy atom. The first kappa shape index (κ1) is 22.1. The number of hydrogen-bond acceptors (Lipinski definition) is 3. The second-order valence-electron chi connectivity index (χ2n) is 6.19. The Morgan fingerprint density at radius 2 is 1.79 bits per heavy atom. The molecule has 1 atom stereocenters. The third kappa shape index (κ3) is 6.14. The molecular weight excluding hydrogens is 399 g/mol. The zero-order chi connectivity index (χ0) is 20.5. The average Bonchev–Trinajstić information content (AvgIpc) is 2.69. The molecule has 0 heterocycles. The highest BCUT2D eigenvalue weighted by Crippen LogP contribution is 2.24. The summed E-state index contributed by atoms with van der Waals surface area (Å²) in [5.74, 6) is 0.113. The number of carbonyl (C=O) groups excluding carboxylic acids is 2. The molecular formula is C21H24Cl2N2O3. The van der Waals surface area contributed by atoms with E-state index in [4.69, 9.17) is 27.9 Å². The van der Waals surface area contributed by atoms with Crippen LogP contribution in [0.1, 0.15) is 25.8 Å². The van der Waals surface area contributed by atoms with E-state index < -0.39 is 6.04 Å². The van der Waals surface area contributed by atoms with E-state index in [1.807, 2.05) is 32.0 Å². The minimum atomic E-state index is -0.610. The van der Waals surface area contributed by atoms with Gasteiger partial charge in [-0.15, -0.1) is 0 Å². The Labute approximate surface area is 175 Å². The lowest BCUT2D eigenvalue weighted by molar-refractivity contribution is -0.142. The number of likely N-dealkylation sites (N-methyl/N-ethyl adjacent to an activating group) is 1. The van der Waals surface area contributed by atoms with Crippen LogP contribution in [0.2, 0.25) is 10.0 Å². The summed E-state index contributed by atoms with van der Waals surface area (Å²) in [5, 5.41) is 3.63. The summed E-state index contributed by atoms with van der Waals surface area (Å²) in [5.41, 5.74) is 0.783. The van der Waals surface area contributed by atoms with Crippen molar-refractivity contribution in [3.05, 3.63) is 64.1 Å². The van der Waals surface area contributed by atoms with Gasteiger partial charge in [0.05, 0.1) is 10.0 Å². The topological polar surface area (TPSA) is 58.6 Å². The van der Waals surface area contributed by atoms with Crippen LogP contribution in [0, 0.1) is 0 Å². The summed E-state index contributed by atoms with van der Waals surface area (Å²) in [6.07, 6.45) is 0.476. The smallest absolute Gasteiger partial charge is 0.261 e. The second-order valence-corrected chi connectivity index (χ2v) is 7.00. The molecule has 0 radical (unpaired) electrons. The summed E-state index contributed by atoms with van der Waals surface area (Å²) in [7, 11) is 0. The number of rotatable bonds is 9. The standard InChI is InChI=1S/C21H24Cl2N2O3/c1-3-19(21(27)24-4-2)25(13-15-10-11-17(22)18(23)12-15)20(26)14-28-16-8-6-5-7-9-16/h5-12,19H,3-4,13-14H2,1-2H3,(H,24,27)/t19-/m0/s1. The van der Waals surface area contributed by atoms with Gasteiger partial charge in [0.2, 0.25) is 5.91 Å². The molecule has 0 unspecified atom stereocenters. The fraction of sp³-hybridized carbons (Fsp3) is 0.333. The van der Waals surface area contributed by atoms with Crippen molar-refractivity contribution in [1.29, 1.82) is 0 Å². The maximum absolute atomic E-state index is 12.9. The second kappa shape index (κ2) is 10.9. The number of carbonyl (C=O) groups is 2. The van der Waals surface area contributed by atoms with Crippen molar-refractivity contribution in [1.82, 2.24) is 10.2 Å². The summed E-state index contributed by atoms with van der Waals surface area (Å²) in [6, 6.07) is 13.6. The SMILES string of the molecule is CCNC(=O)[C@H](CC)N(Cc1ccc(Cl)c(Cl)c1)C(=O)COc1ccccc1. The van der Waals surface area contributed by atoms with Gasteiger partial charge in [-0.3, -0.25) is 9.59 Å². The fourth-order valence-corrected chi connectivity index (χ4v) is 3.11. The molecule has 0 aliphatic rings. The maximum Gasteiger partial charge on any atom is 0.261 e. The Morgan fingerprint density at radius 1 is 1.07 bits per heavy atom. The van der Waals surface area contributed by atoms with Crippen molar-refractivity contribution < 1.29 is 14.3 Å². The van der Waals surface area contributed by atoms with Crippen LogP contribution in [0.3, 0.4) is 0 Å². The molecule has 0 saturated carbocycles.